The quantitative estimate of drug-likeness (QED) is 0.133. The standard InChI is InChI=1S/C59H42N2/c1-5-21-47(22-6-1)59(48-23-7-2-8-24-48,49-25-9-3-10-26-49)50-34-37-52(38-35-50)60(54-36-32-43-18-13-14-19-44(43)40-54)53-29-17-20-45(41-53)46-33-39-58-56(42-46)55-30-15-16-31-57(55)61(58)51-27-11-4-12-28-51/h1-42H. The van der Waals surface area contributed by atoms with Crippen molar-refractivity contribution in [2.75, 3.05) is 4.90 Å². The van der Waals surface area contributed by atoms with Crippen molar-refractivity contribution in [3.05, 3.63) is 277 Å². The molecule has 0 aliphatic rings. The van der Waals surface area contributed by atoms with E-state index in [-0.39, 0.29) is 0 Å². The molecule has 0 saturated carbocycles. The molecule has 0 aliphatic heterocycles. The van der Waals surface area contributed by atoms with E-state index in [9.17, 15) is 0 Å². The van der Waals surface area contributed by atoms with Crippen molar-refractivity contribution in [3.8, 4) is 16.8 Å². The Morgan fingerprint density at radius 3 is 1.48 bits per heavy atom. The highest BCUT2D eigenvalue weighted by molar-refractivity contribution is 6.10. The van der Waals surface area contributed by atoms with Gasteiger partial charge in [-0.2, -0.15) is 0 Å². The van der Waals surface area contributed by atoms with Crippen molar-refractivity contribution < 1.29 is 0 Å². The van der Waals surface area contributed by atoms with Crippen LogP contribution in [0.25, 0.3) is 49.4 Å². The topological polar surface area (TPSA) is 8.17 Å². The number of aromatic nitrogens is 1. The van der Waals surface area contributed by atoms with Gasteiger partial charge in [-0.3, -0.25) is 0 Å². The first-order valence-corrected chi connectivity index (χ1v) is 21.0. The first kappa shape index (κ1) is 36.2. The maximum absolute atomic E-state index is 2.40. The number of hydrogen-bond donors (Lipinski definition) is 0. The fraction of sp³-hybridized carbons (Fsp3) is 0.0169. The maximum Gasteiger partial charge on any atom is 0.0701 e. The highest BCUT2D eigenvalue weighted by Gasteiger charge is 2.38. The summed E-state index contributed by atoms with van der Waals surface area (Å²) in [6, 6.07) is 92.7. The molecule has 0 fully saturated rings. The number of benzene rings is 10. The molecule has 0 amide bonds. The Kier molecular flexibility index (Phi) is 9.09. The van der Waals surface area contributed by atoms with Crippen LogP contribution in [0.4, 0.5) is 17.1 Å². The van der Waals surface area contributed by atoms with Crippen LogP contribution in [0.15, 0.2) is 255 Å². The van der Waals surface area contributed by atoms with Gasteiger partial charge in [0, 0.05) is 33.5 Å². The maximum atomic E-state index is 2.40. The second-order valence-electron chi connectivity index (χ2n) is 15.7. The van der Waals surface area contributed by atoms with Crippen LogP contribution in [0.5, 0.6) is 0 Å². The van der Waals surface area contributed by atoms with Crippen molar-refractivity contribution in [2.45, 2.75) is 5.41 Å². The van der Waals surface area contributed by atoms with Crippen LogP contribution < -0.4 is 4.90 Å². The number of nitrogens with zero attached hydrogens (tertiary/aromatic N) is 2. The summed E-state index contributed by atoms with van der Waals surface area (Å²) in [5.41, 5.74) is 13.5. The second-order valence-corrected chi connectivity index (χ2v) is 15.7. The smallest absolute Gasteiger partial charge is 0.0701 e. The Balaban J connectivity index is 1.07. The second kappa shape index (κ2) is 15.3. The third kappa shape index (κ3) is 6.29. The van der Waals surface area contributed by atoms with Crippen molar-refractivity contribution >= 4 is 49.6 Å². The molecule has 2 heteroatoms. The lowest BCUT2D eigenvalue weighted by atomic mass is 9.65. The molecule has 2 nitrogen and oxygen atoms in total. The van der Waals surface area contributed by atoms with E-state index in [1.807, 2.05) is 0 Å². The number of rotatable bonds is 9. The van der Waals surface area contributed by atoms with Crippen molar-refractivity contribution in [3.63, 3.8) is 0 Å². The third-order valence-electron chi connectivity index (χ3n) is 12.3. The van der Waals surface area contributed by atoms with Gasteiger partial charge >= 0.3 is 0 Å². The van der Waals surface area contributed by atoms with Crippen molar-refractivity contribution in [1.82, 2.24) is 4.57 Å². The van der Waals surface area contributed by atoms with E-state index >= 15 is 0 Å². The molecule has 0 unspecified atom stereocenters. The Morgan fingerprint density at radius 2 is 0.803 bits per heavy atom. The summed E-state index contributed by atoms with van der Waals surface area (Å²) in [5, 5.41) is 4.91. The van der Waals surface area contributed by atoms with Gasteiger partial charge in [0.1, 0.15) is 0 Å². The molecule has 0 saturated heterocycles. The molecule has 0 N–H and O–H groups in total. The van der Waals surface area contributed by atoms with Crippen LogP contribution in [0.1, 0.15) is 22.3 Å². The van der Waals surface area contributed by atoms with E-state index in [1.54, 1.807) is 0 Å². The van der Waals surface area contributed by atoms with Crippen LogP contribution in [0, 0.1) is 0 Å². The molecule has 1 heterocycles. The van der Waals surface area contributed by atoms with Gasteiger partial charge < -0.3 is 9.47 Å². The minimum Gasteiger partial charge on any atom is -0.310 e. The van der Waals surface area contributed by atoms with E-state index in [0.29, 0.717) is 0 Å². The summed E-state index contributed by atoms with van der Waals surface area (Å²) in [6.45, 7) is 0. The predicted octanol–water partition coefficient (Wildman–Crippen LogP) is 15.5. The number of fused-ring (bicyclic) bond motifs is 4. The van der Waals surface area contributed by atoms with Gasteiger partial charge in [0.2, 0.25) is 0 Å². The molecule has 0 spiro atoms. The van der Waals surface area contributed by atoms with Gasteiger partial charge in [0.05, 0.1) is 16.4 Å². The zero-order chi connectivity index (χ0) is 40.6. The van der Waals surface area contributed by atoms with Crippen LogP contribution in [0.2, 0.25) is 0 Å². The lowest BCUT2D eigenvalue weighted by molar-refractivity contribution is 0.745. The van der Waals surface area contributed by atoms with Crippen molar-refractivity contribution in [2.24, 2.45) is 0 Å². The van der Waals surface area contributed by atoms with Gasteiger partial charge in [-0.1, -0.05) is 188 Å². The molecule has 11 rings (SSSR count). The van der Waals surface area contributed by atoms with Crippen LogP contribution in [-0.4, -0.2) is 4.57 Å². The van der Waals surface area contributed by atoms with Crippen LogP contribution >= 0.6 is 0 Å². The summed E-state index contributed by atoms with van der Waals surface area (Å²) in [7, 11) is 0. The summed E-state index contributed by atoms with van der Waals surface area (Å²) in [5.74, 6) is 0. The average molecular weight is 779 g/mol. The average Bonchev–Trinajstić information content (AvgIpc) is 3.67. The van der Waals surface area contributed by atoms with Crippen molar-refractivity contribution in [1.29, 1.82) is 0 Å². The first-order chi connectivity index (χ1) is 30.3. The number of hydrogen-bond acceptors (Lipinski definition) is 1. The van der Waals surface area contributed by atoms with E-state index in [2.05, 4.69) is 264 Å². The van der Waals surface area contributed by atoms with Crippen LogP contribution in [0.3, 0.4) is 0 Å². The van der Waals surface area contributed by atoms with Gasteiger partial charge in [-0.15, -0.1) is 0 Å². The predicted molar refractivity (Wildman–Crippen MR) is 257 cm³/mol. The highest BCUT2D eigenvalue weighted by Crippen LogP contribution is 2.47. The SMILES string of the molecule is c1ccc(-n2c3ccccc3c3cc(-c4cccc(N(c5ccc(C(c6ccccc6)(c6ccccc6)c6ccccc6)cc5)c5ccc6ccccc6c5)c4)ccc32)cc1. The molecule has 11 aromatic rings. The number of anilines is 3. The lowest BCUT2D eigenvalue weighted by Gasteiger charge is -2.37. The van der Waals surface area contributed by atoms with E-state index in [1.165, 1.54) is 60.4 Å². The van der Waals surface area contributed by atoms with Gasteiger partial charge in [-0.05, 0) is 111 Å². The van der Waals surface area contributed by atoms with Crippen LogP contribution in [-0.2, 0) is 5.41 Å². The molecule has 61 heavy (non-hydrogen) atoms. The van der Waals surface area contributed by atoms with E-state index < -0.39 is 5.41 Å². The summed E-state index contributed by atoms with van der Waals surface area (Å²) < 4.78 is 2.37. The molecule has 0 atom stereocenters. The zero-order valence-corrected chi connectivity index (χ0v) is 33.6. The third-order valence-corrected chi connectivity index (χ3v) is 12.3. The normalized spacial score (nSPS) is 11.6. The highest BCUT2D eigenvalue weighted by atomic mass is 15.1. The fourth-order valence-electron chi connectivity index (χ4n) is 9.52. The molecule has 0 radical (unpaired) electrons. The largest absolute Gasteiger partial charge is 0.310 e. The Morgan fingerprint density at radius 1 is 0.295 bits per heavy atom. The molecule has 1 aromatic heterocycles. The minimum absolute atomic E-state index is 0.529. The summed E-state index contributed by atoms with van der Waals surface area (Å²) in [6.07, 6.45) is 0. The summed E-state index contributed by atoms with van der Waals surface area (Å²) in [4.78, 5) is 2.40. The Hall–Kier alpha value is -7.94. The minimum atomic E-state index is -0.529. The molecular formula is C59H42N2. The van der Waals surface area contributed by atoms with E-state index in [4.69, 9.17) is 0 Å². The molecule has 10 aromatic carbocycles. The summed E-state index contributed by atoms with van der Waals surface area (Å²) >= 11 is 0. The fourth-order valence-corrected chi connectivity index (χ4v) is 9.52. The van der Waals surface area contributed by atoms with Gasteiger partial charge in [-0.25, -0.2) is 0 Å². The number of para-hydroxylation sites is 2. The molecule has 0 aliphatic carbocycles. The lowest BCUT2D eigenvalue weighted by Crippen LogP contribution is -2.31. The molecule has 0 bridgehead atoms. The Labute approximate surface area is 356 Å². The first-order valence-electron chi connectivity index (χ1n) is 21.0. The Bertz CT molecular complexity index is 3180. The van der Waals surface area contributed by atoms with Gasteiger partial charge in [0.15, 0.2) is 0 Å². The molecular weight excluding hydrogens is 737 g/mol. The monoisotopic (exact) mass is 778 g/mol. The van der Waals surface area contributed by atoms with E-state index in [0.717, 1.165) is 28.3 Å². The zero-order valence-electron chi connectivity index (χ0n) is 33.6. The van der Waals surface area contributed by atoms with Gasteiger partial charge in [0.25, 0.3) is 0 Å². The molecule has 288 valence electrons.